The van der Waals surface area contributed by atoms with Crippen molar-refractivity contribution in [1.29, 1.82) is 0 Å². The number of anilines is 3. The summed E-state index contributed by atoms with van der Waals surface area (Å²) in [7, 11) is 0. The van der Waals surface area contributed by atoms with Gasteiger partial charge < -0.3 is 25.4 Å². The predicted octanol–water partition coefficient (Wildman–Crippen LogP) is 5.66. The fraction of sp³-hybridized carbons (Fsp3) is 0.375. The lowest BCUT2D eigenvalue weighted by Crippen LogP contribution is -2.37. The highest BCUT2D eigenvalue weighted by Gasteiger charge is 2.20. The smallest absolute Gasteiger partial charge is 0.412 e. The summed E-state index contributed by atoms with van der Waals surface area (Å²) >= 11 is 0. The first-order valence-corrected chi connectivity index (χ1v) is 14.4. The van der Waals surface area contributed by atoms with Gasteiger partial charge in [0.15, 0.2) is 0 Å². The van der Waals surface area contributed by atoms with E-state index in [2.05, 4.69) is 31.2 Å². The molecule has 1 fully saturated rings. The number of aromatic nitrogens is 1. The topological polar surface area (TPSA) is 134 Å². The van der Waals surface area contributed by atoms with E-state index in [-0.39, 0.29) is 18.0 Å². The van der Waals surface area contributed by atoms with Crippen molar-refractivity contribution in [3.63, 3.8) is 0 Å². The lowest BCUT2D eigenvalue weighted by Gasteiger charge is -2.27. The monoisotopic (exact) mass is 588 g/mol. The Morgan fingerprint density at radius 3 is 2.28 bits per heavy atom. The van der Waals surface area contributed by atoms with E-state index < -0.39 is 11.7 Å². The van der Waals surface area contributed by atoms with Gasteiger partial charge in [-0.15, -0.1) is 0 Å². The third-order valence-corrected chi connectivity index (χ3v) is 6.68. The minimum atomic E-state index is -0.654. The fourth-order valence-corrected chi connectivity index (χ4v) is 4.60. The van der Waals surface area contributed by atoms with Crippen molar-refractivity contribution in [3.05, 3.63) is 84.2 Å². The molecular weight excluding hydrogens is 548 g/mol. The Morgan fingerprint density at radius 1 is 0.930 bits per heavy atom. The van der Waals surface area contributed by atoms with Gasteiger partial charge in [-0.2, -0.15) is 0 Å². The first kappa shape index (κ1) is 31.5. The first-order valence-electron chi connectivity index (χ1n) is 14.4. The number of hydrogen-bond donors (Lipinski definition) is 4. The zero-order valence-electron chi connectivity index (χ0n) is 24.9. The van der Waals surface area contributed by atoms with Crippen LogP contribution in [0.3, 0.4) is 0 Å². The first-order chi connectivity index (χ1) is 20.7. The second-order valence-corrected chi connectivity index (χ2v) is 11.2. The van der Waals surface area contributed by atoms with Gasteiger partial charge in [-0.25, -0.2) is 9.59 Å². The van der Waals surface area contributed by atoms with Gasteiger partial charge in [0, 0.05) is 24.8 Å². The Labute approximate surface area is 252 Å². The van der Waals surface area contributed by atoms with Gasteiger partial charge in [-0.3, -0.25) is 20.0 Å². The number of ether oxygens (including phenoxy) is 2. The maximum absolute atomic E-state index is 13.1. The second-order valence-electron chi connectivity index (χ2n) is 11.2. The molecule has 1 unspecified atom stereocenters. The summed E-state index contributed by atoms with van der Waals surface area (Å²) in [5.41, 5.74) is 2.12. The van der Waals surface area contributed by atoms with Crippen molar-refractivity contribution in [2.75, 3.05) is 48.8 Å². The molecule has 2 heterocycles. The average Bonchev–Trinajstić information content (AvgIpc) is 2.98. The number of nitrogens with zero attached hydrogens (tertiary/aromatic N) is 2. The van der Waals surface area contributed by atoms with Crippen LogP contribution < -0.4 is 21.3 Å². The van der Waals surface area contributed by atoms with Crippen LogP contribution in [0.15, 0.2) is 73.1 Å². The number of amides is 4. The summed E-state index contributed by atoms with van der Waals surface area (Å²) < 4.78 is 10.8. The van der Waals surface area contributed by atoms with Gasteiger partial charge >= 0.3 is 12.1 Å². The van der Waals surface area contributed by atoms with Crippen molar-refractivity contribution in [2.24, 2.45) is 0 Å². The Kier molecular flexibility index (Phi) is 11.1. The standard InChI is InChI=1S/C32H40N6O5/c1-32(2,3)43-31(41)37-28-10-5-4-9-27(28)35-29(39)24-14-12-23(13-15-24)26(11-7-17-38-18-20-42-21-19-38)36-30(40)34-25-8-6-16-33-22-25/h4-6,8-10,12-16,22,26H,7,11,17-21H2,1-3H3,(H,35,39)(H,37,41)(H2,34,36,40). The van der Waals surface area contributed by atoms with Crippen molar-refractivity contribution in [1.82, 2.24) is 15.2 Å². The molecule has 0 radical (unpaired) electrons. The molecular formula is C32H40N6O5. The average molecular weight is 589 g/mol. The molecule has 4 N–H and O–H groups in total. The van der Waals surface area contributed by atoms with Gasteiger partial charge in [0.1, 0.15) is 5.60 Å². The molecule has 2 aromatic carbocycles. The summed E-state index contributed by atoms with van der Waals surface area (Å²) in [5.74, 6) is -0.337. The number of pyridine rings is 1. The molecule has 3 aromatic rings. The molecule has 0 bridgehead atoms. The zero-order chi connectivity index (χ0) is 30.7. The Bertz CT molecular complexity index is 1350. The fourth-order valence-electron chi connectivity index (χ4n) is 4.60. The molecule has 1 aliphatic heterocycles. The summed E-state index contributed by atoms with van der Waals surface area (Å²) in [6.45, 7) is 9.52. The maximum atomic E-state index is 13.1. The lowest BCUT2D eigenvalue weighted by atomic mass is 10.00. The third-order valence-electron chi connectivity index (χ3n) is 6.68. The minimum absolute atomic E-state index is 0.270. The van der Waals surface area contributed by atoms with Crippen LogP contribution in [0.5, 0.6) is 0 Å². The van der Waals surface area contributed by atoms with Crippen LogP contribution in [0.2, 0.25) is 0 Å². The quantitative estimate of drug-likeness (QED) is 0.240. The number of benzene rings is 2. The van der Waals surface area contributed by atoms with E-state index in [4.69, 9.17) is 9.47 Å². The molecule has 11 nitrogen and oxygen atoms in total. The van der Waals surface area contributed by atoms with Gasteiger partial charge in [-0.1, -0.05) is 24.3 Å². The number of carbonyl (C=O) groups is 3. The van der Waals surface area contributed by atoms with Crippen LogP contribution in [-0.2, 0) is 9.47 Å². The van der Waals surface area contributed by atoms with Crippen LogP contribution in [-0.4, -0.2) is 66.4 Å². The highest BCUT2D eigenvalue weighted by molar-refractivity contribution is 6.06. The molecule has 4 amide bonds. The predicted molar refractivity (Wildman–Crippen MR) is 166 cm³/mol. The SMILES string of the molecule is CC(C)(C)OC(=O)Nc1ccccc1NC(=O)c1ccc(C(CCCN2CCOCC2)NC(=O)Nc2cccnc2)cc1. The van der Waals surface area contributed by atoms with Crippen LogP contribution in [0, 0.1) is 0 Å². The maximum Gasteiger partial charge on any atom is 0.412 e. The van der Waals surface area contributed by atoms with E-state index in [9.17, 15) is 14.4 Å². The zero-order valence-corrected chi connectivity index (χ0v) is 24.9. The summed E-state index contributed by atoms with van der Waals surface area (Å²) in [5, 5.41) is 11.5. The molecule has 0 saturated carbocycles. The minimum Gasteiger partial charge on any atom is -0.444 e. The molecule has 1 aromatic heterocycles. The van der Waals surface area contributed by atoms with E-state index in [0.29, 0.717) is 29.0 Å². The van der Waals surface area contributed by atoms with Crippen molar-refractivity contribution >= 4 is 35.1 Å². The summed E-state index contributed by atoms with van der Waals surface area (Å²) in [6, 6.07) is 17.0. The largest absolute Gasteiger partial charge is 0.444 e. The highest BCUT2D eigenvalue weighted by atomic mass is 16.6. The second kappa shape index (κ2) is 15.1. The van der Waals surface area contributed by atoms with Gasteiger partial charge in [0.2, 0.25) is 0 Å². The lowest BCUT2D eigenvalue weighted by molar-refractivity contribution is 0.0369. The third kappa shape index (κ3) is 10.4. The molecule has 11 heteroatoms. The molecule has 1 aliphatic rings. The van der Waals surface area contributed by atoms with Gasteiger partial charge in [-0.05, 0) is 82.1 Å². The highest BCUT2D eigenvalue weighted by Crippen LogP contribution is 2.24. The summed E-state index contributed by atoms with van der Waals surface area (Å²) in [6.07, 6.45) is 4.21. The Hall–Kier alpha value is -4.48. The molecule has 4 rings (SSSR count). The van der Waals surface area contributed by atoms with E-state index in [0.717, 1.165) is 44.8 Å². The molecule has 0 spiro atoms. The van der Waals surface area contributed by atoms with Crippen LogP contribution in [0.4, 0.5) is 26.7 Å². The van der Waals surface area contributed by atoms with E-state index in [1.165, 1.54) is 0 Å². The van der Waals surface area contributed by atoms with Crippen LogP contribution >= 0.6 is 0 Å². The summed E-state index contributed by atoms with van der Waals surface area (Å²) in [4.78, 5) is 44.7. The van der Waals surface area contributed by atoms with Crippen molar-refractivity contribution in [3.8, 4) is 0 Å². The molecule has 1 saturated heterocycles. The Balaban J connectivity index is 1.42. The number of rotatable bonds is 10. The number of hydrogen-bond acceptors (Lipinski definition) is 7. The van der Waals surface area contributed by atoms with Gasteiger partial charge in [0.05, 0.1) is 42.5 Å². The number of urea groups is 1. The Morgan fingerprint density at radius 2 is 1.63 bits per heavy atom. The number of carbonyl (C=O) groups excluding carboxylic acids is 3. The van der Waals surface area contributed by atoms with E-state index >= 15 is 0 Å². The normalized spacial score (nSPS) is 14.3. The van der Waals surface area contributed by atoms with Crippen LogP contribution in [0.25, 0.3) is 0 Å². The van der Waals surface area contributed by atoms with E-state index in [1.54, 1.807) is 81.7 Å². The van der Waals surface area contributed by atoms with E-state index in [1.807, 2.05) is 12.1 Å². The molecule has 1 atom stereocenters. The van der Waals surface area contributed by atoms with Gasteiger partial charge in [0.25, 0.3) is 5.91 Å². The van der Waals surface area contributed by atoms with Crippen molar-refractivity contribution in [2.45, 2.75) is 45.3 Å². The van der Waals surface area contributed by atoms with Crippen LogP contribution in [0.1, 0.15) is 55.6 Å². The molecule has 0 aliphatic carbocycles. The number of nitrogens with one attached hydrogen (secondary N) is 4. The number of para-hydroxylation sites is 2. The molecule has 43 heavy (non-hydrogen) atoms. The number of morpholine rings is 1. The van der Waals surface area contributed by atoms with Crippen molar-refractivity contribution < 1.29 is 23.9 Å². The molecule has 228 valence electrons.